The number of aromatic nitrogens is 4. The largest absolute Gasteiger partial charge is 0.309 e. The van der Waals surface area contributed by atoms with Gasteiger partial charge in [0.1, 0.15) is 17.3 Å². The predicted molar refractivity (Wildman–Crippen MR) is 133 cm³/mol. The van der Waals surface area contributed by atoms with Crippen LogP contribution in [0.15, 0.2) is 48.7 Å². The summed E-state index contributed by atoms with van der Waals surface area (Å²) in [6, 6.07) is 12.1. The number of hydrogen-bond donors (Lipinski definition) is 3. The van der Waals surface area contributed by atoms with Crippen molar-refractivity contribution in [3.63, 3.8) is 0 Å². The molecule has 4 aromatic rings. The first-order chi connectivity index (χ1) is 16.3. The maximum atomic E-state index is 12.8. The van der Waals surface area contributed by atoms with E-state index in [-0.39, 0.29) is 17.4 Å². The van der Waals surface area contributed by atoms with Crippen LogP contribution in [0, 0.1) is 6.92 Å². The van der Waals surface area contributed by atoms with Gasteiger partial charge in [0.05, 0.1) is 16.6 Å². The lowest BCUT2D eigenvalue weighted by atomic mass is 10.0. The highest BCUT2D eigenvalue weighted by Gasteiger charge is 2.17. The first-order valence-corrected chi connectivity index (χ1v) is 11.0. The van der Waals surface area contributed by atoms with Crippen molar-refractivity contribution in [1.82, 2.24) is 25.1 Å². The molecule has 1 aromatic carbocycles. The summed E-state index contributed by atoms with van der Waals surface area (Å²) in [5.41, 5.74) is 3.70. The van der Waals surface area contributed by atoms with Crippen molar-refractivity contribution in [1.29, 1.82) is 0 Å². The molecule has 2 amide bonds. The Morgan fingerprint density at radius 1 is 1.09 bits per heavy atom. The van der Waals surface area contributed by atoms with Crippen LogP contribution in [0.5, 0.6) is 0 Å². The standard InChI is InChI=1S/C24H24ClN7O2/c1-13(26-3)23(33)29-20-10-15(17-6-5-7-18-22(17)14(2)32(4)31-18)11-21(28-20)30-24(34)19-9-8-16(25)12-27-19/h5-13,26H,1-4H3,(H2,28,29,30,33,34). The van der Waals surface area contributed by atoms with Gasteiger partial charge in [-0.1, -0.05) is 23.7 Å². The minimum Gasteiger partial charge on any atom is -0.309 e. The number of anilines is 2. The number of nitrogens with one attached hydrogen (secondary N) is 3. The molecule has 174 valence electrons. The lowest BCUT2D eigenvalue weighted by Gasteiger charge is -2.14. The average Bonchev–Trinajstić information content (AvgIpc) is 3.12. The van der Waals surface area contributed by atoms with Gasteiger partial charge in [0.2, 0.25) is 5.91 Å². The number of likely N-dealkylation sites (N-methyl/N-ethyl adjacent to an activating group) is 1. The van der Waals surface area contributed by atoms with Crippen LogP contribution in [0.1, 0.15) is 23.1 Å². The van der Waals surface area contributed by atoms with Crippen LogP contribution in [0.2, 0.25) is 5.02 Å². The topological polar surface area (TPSA) is 114 Å². The number of pyridine rings is 2. The molecule has 0 aliphatic carbocycles. The summed E-state index contributed by atoms with van der Waals surface area (Å²) in [6.45, 7) is 3.74. The molecule has 0 aliphatic heterocycles. The van der Waals surface area contributed by atoms with Gasteiger partial charge in [0.15, 0.2) is 0 Å². The molecular weight excluding hydrogens is 454 g/mol. The second kappa shape index (κ2) is 9.58. The molecule has 9 nitrogen and oxygen atoms in total. The number of amides is 2. The quantitative estimate of drug-likeness (QED) is 0.389. The van der Waals surface area contributed by atoms with E-state index in [4.69, 9.17) is 11.6 Å². The number of halogens is 1. The van der Waals surface area contributed by atoms with E-state index >= 15 is 0 Å². The Morgan fingerprint density at radius 2 is 1.82 bits per heavy atom. The molecule has 3 N–H and O–H groups in total. The van der Waals surface area contributed by atoms with Crippen LogP contribution in [-0.4, -0.2) is 44.7 Å². The highest BCUT2D eigenvalue weighted by molar-refractivity contribution is 6.30. The van der Waals surface area contributed by atoms with E-state index < -0.39 is 11.9 Å². The Bertz CT molecular complexity index is 1380. The number of rotatable bonds is 6. The fourth-order valence-electron chi connectivity index (χ4n) is 3.51. The van der Waals surface area contributed by atoms with Crippen molar-refractivity contribution in [3.05, 3.63) is 65.1 Å². The maximum absolute atomic E-state index is 12.8. The average molecular weight is 478 g/mol. The lowest BCUT2D eigenvalue weighted by Crippen LogP contribution is -2.35. The number of nitrogens with zero attached hydrogens (tertiary/aromatic N) is 4. The smallest absolute Gasteiger partial charge is 0.275 e. The number of carbonyl (C=O) groups excluding carboxylic acids is 2. The monoisotopic (exact) mass is 477 g/mol. The highest BCUT2D eigenvalue weighted by atomic mass is 35.5. The Morgan fingerprint density at radius 3 is 2.50 bits per heavy atom. The van der Waals surface area contributed by atoms with E-state index in [0.29, 0.717) is 10.8 Å². The van der Waals surface area contributed by atoms with Crippen LogP contribution in [0.25, 0.3) is 22.0 Å². The molecule has 34 heavy (non-hydrogen) atoms. The van der Waals surface area contributed by atoms with E-state index in [9.17, 15) is 9.59 Å². The normalized spacial score (nSPS) is 11.9. The summed E-state index contributed by atoms with van der Waals surface area (Å²) in [4.78, 5) is 33.8. The van der Waals surface area contributed by atoms with Crippen molar-refractivity contribution in [2.45, 2.75) is 19.9 Å². The minimum absolute atomic E-state index is 0.191. The summed E-state index contributed by atoms with van der Waals surface area (Å²) in [5.74, 6) is -0.120. The second-order valence-electron chi connectivity index (χ2n) is 7.85. The third-order valence-electron chi connectivity index (χ3n) is 5.56. The summed E-state index contributed by atoms with van der Waals surface area (Å²) >= 11 is 5.88. The Balaban J connectivity index is 1.78. The van der Waals surface area contributed by atoms with E-state index in [1.54, 1.807) is 32.2 Å². The summed E-state index contributed by atoms with van der Waals surface area (Å²) in [6.07, 6.45) is 1.40. The van der Waals surface area contributed by atoms with Gasteiger partial charge in [-0.2, -0.15) is 5.10 Å². The molecule has 0 bridgehead atoms. The van der Waals surface area contributed by atoms with Gasteiger partial charge in [-0.25, -0.2) is 9.97 Å². The molecule has 1 unspecified atom stereocenters. The number of benzene rings is 1. The second-order valence-corrected chi connectivity index (χ2v) is 8.29. The van der Waals surface area contributed by atoms with Gasteiger partial charge < -0.3 is 16.0 Å². The minimum atomic E-state index is -0.446. The number of aryl methyl sites for hydroxylation is 2. The number of fused-ring (bicyclic) bond motifs is 1. The van der Waals surface area contributed by atoms with E-state index in [2.05, 4.69) is 31.0 Å². The number of carbonyl (C=O) groups is 2. The van der Waals surface area contributed by atoms with Crippen LogP contribution in [-0.2, 0) is 11.8 Å². The van der Waals surface area contributed by atoms with Crippen LogP contribution in [0.3, 0.4) is 0 Å². The van der Waals surface area contributed by atoms with E-state index in [1.165, 1.54) is 12.3 Å². The van der Waals surface area contributed by atoms with Crippen molar-refractivity contribution in [2.75, 3.05) is 17.7 Å². The molecule has 4 rings (SSSR count). The van der Waals surface area contributed by atoms with Crippen LogP contribution >= 0.6 is 11.6 Å². The van der Waals surface area contributed by atoms with Gasteiger partial charge in [-0.05, 0) is 62.4 Å². The molecule has 0 aliphatic rings. The molecule has 0 saturated carbocycles. The molecular formula is C24H24ClN7O2. The zero-order valence-corrected chi connectivity index (χ0v) is 19.9. The van der Waals surface area contributed by atoms with Crippen molar-refractivity contribution in [3.8, 4) is 11.1 Å². The predicted octanol–water partition coefficient (Wildman–Crippen LogP) is 3.79. The third-order valence-corrected chi connectivity index (χ3v) is 5.79. The third kappa shape index (κ3) is 4.75. The molecule has 0 fully saturated rings. The van der Waals surface area contributed by atoms with Gasteiger partial charge in [0, 0.05) is 24.3 Å². The number of hydrogen-bond acceptors (Lipinski definition) is 6. The van der Waals surface area contributed by atoms with Crippen molar-refractivity contribution >= 4 is 46.0 Å². The fraction of sp³-hybridized carbons (Fsp3) is 0.208. The SMILES string of the molecule is CNC(C)C(=O)Nc1cc(-c2cccc3nn(C)c(C)c23)cc(NC(=O)c2ccc(Cl)cn2)n1. The van der Waals surface area contributed by atoms with Crippen molar-refractivity contribution in [2.24, 2.45) is 7.05 Å². The lowest BCUT2D eigenvalue weighted by molar-refractivity contribution is -0.117. The van der Waals surface area contributed by atoms with Crippen molar-refractivity contribution < 1.29 is 9.59 Å². The fourth-order valence-corrected chi connectivity index (χ4v) is 3.62. The first-order valence-electron chi connectivity index (χ1n) is 10.6. The van der Waals surface area contributed by atoms with Gasteiger partial charge in [-0.3, -0.25) is 14.3 Å². The van der Waals surface area contributed by atoms with Gasteiger partial charge in [0.25, 0.3) is 5.91 Å². The molecule has 3 heterocycles. The first kappa shape index (κ1) is 23.3. The Kier molecular flexibility index (Phi) is 6.58. The van der Waals surface area contributed by atoms with Gasteiger partial charge >= 0.3 is 0 Å². The molecule has 0 radical (unpaired) electrons. The maximum Gasteiger partial charge on any atom is 0.275 e. The molecule has 1 atom stereocenters. The van der Waals surface area contributed by atoms with Crippen LogP contribution in [0.4, 0.5) is 11.6 Å². The van der Waals surface area contributed by atoms with E-state index in [0.717, 1.165) is 27.7 Å². The Hall–Kier alpha value is -3.82. The molecule has 10 heteroatoms. The van der Waals surface area contributed by atoms with Gasteiger partial charge in [-0.15, -0.1) is 0 Å². The molecule has 0 spiro atoms. The highest BCUT2D eigenvalue weighted by Crippen LogP contribution is 2.33. The Labute approximate surface area is 201 Å². The summed E-state index contributed by atoms with van der Waals surface area (Å²) < 4.78 is 1.82. The summed E-state index contributed by atoms with van der Waals surface area (Å²) in [7, 11) is 3.59. The zero-order valence-electron chi connectivity index (χ0n) is 19.2. The molecule has 0 saturated heterocycles. The van der Waals surface area contributed by atoms with Crippen LogP contribution < -0.4 is 16.0 Å². The summed E-state index contributed by atoms with van der Waals surface area (Å²) in [5, 5.41) is 14.4. The zero-order chi connectivity index (χ0) is 24.4. The molecule has 3 aromatic heterocycles. The van der Waals surface area contributed by atoms with E-state index in [1.807, 2.05) is 36.9 Å².